The molecule has 0 fully saturated rings. The van der Waals surface area contributed by atoms with Crippen molar-refractivity contribution in [2.45, 2.75) is 32.6 Å². The maximum Gasteiger partial charge on any atom is 0.251 e. The number of halogens is 1. The average Bonchev–Trinajstić information content (AvgIpc) is 2.49. The minimum absolute atomic E-state index is 0.0853. The van der Waals surface area contributed by atoms with Crippen LogP contribution in [0.1, 0.15) is 42.6 Å². The van der Waals surface area contributed by atoms with E-state index < -0.39 is 0 Å². The van der Waals surface area contributed by atoms with Crippen molar-refractivity contribution in [3.63, 3.8) is 0 Å². The summed E-state index contributed by atoms with van der Waals surface area (Å²) >= 11 is 5.76. The van der Waals surface area contributed by atoms with E-state index in [-0.39, 0.29) is 17.9 Å². The van der Waals surface area contributed by atoms with E-state index in [1.165, 1.54) is 0 Å². The minimum atomic E-state index is -0.222. The fourth-order valence-corrected chi connectivity index (χ4v) is 2.11. The molecule has 0 heterocycles. The highest BCUT2D eigenvalue weighted by atomic mass is 35.5. The lowest BCUT2D eigenvalue weighted by atomic mass is 9.83. The van der Waals surface area contributed by atoms with Crippen molar-refractivity contribution in [1.82, 2.24) is 5.32 Å². The first-order chi connectivity index (χ1) is 9.10. The van der Waals surface area contributed by atoms with Gasteiger partial charge in [-0.05, 0) is 30.5 Å². The maximum absolute atomic E-state index is 12.1. The molecular weight excluding hydrogens is 262 g/mol. The zero-order valence-corrected chi connectivity index (χ0v) is 12.3. The molecule has 0 aromatic heterocycles. The predicted octanol–water partition coefficient (Wildman–Crippen LogP) is 2.95. The van der Waals surface area contributed by atoms with E-state index in [0.29, 0.717) is 18.0 Å². The Morgan fingerprint density at radius 2 is 2.05 bits per heavy atom. The molecule has 0 aliphatic carbocycles. The summed E-state index contributed by atoms with van der Waals surface area (Å²) in [6.07, 6.45) is 1.67. The largest absolute Gasteiger partial charge is 0.396 e. The van der Waals surface area contributed by atoms with Crippen LogP contribution in [0.3, 0.4) is 0 Å². The number of alkyl halides is 1. The lowest BCUT2D eigenvalue weighted by Crippen LogP contribution is -2.39. The molecule has 0 saturated heterocycles. The predicted molar refractivity (Wildman–Crippen MR) is 78.4 cm³/mol. The van der Waals surface area contributed by atoms with Crippen molar-refractivity contribution >= 4 is 17.5 Å². The summed E-state index contributed by atoms with van der Waals surface area (Å²) in [4.78, 5) is 12.1. The summed E-state index contributed by atoms with van der Waals surface area (Å²) in [6, 6.07) is 7.27. The summed E-state index contributed by atoms with van der Waals surface area (Å²) in [5.74, 6) is 0.276. The number of carbonyl (C=O) groups is 1. The van der Waals surface area contributed by atoms with Crippen molar-refractivity contribution in [3.05, 3.63) is 35.4 Å². The number of hydrogen-bond donors (Lipinski definition) is 2. The first-order valence-corrected chi connectivity index (χ1v) is 7.18. The molecule has 0 unspecified atom stereocenters. The highest BCUT2D eigenvalue weighted by Gasteiger charge is 2.25. The Kier molecular flexibility index (Phi) is 6.32. The molecule has 1 aromatic rings. The molecule has 19 heavy (non-hydrogen) atoms. The van der Waals surface area contributed by atoms with Crippen LogP contribution < -0.4 is 5.32 Å². The normalized spacial score (nSPS) is 11.4. The van der Waals surface area contributed by atoms with Crippen molar-refractivity contribution in [1.29, 1.82) is 0 Å². The first kappa shape index (κ1) is 16.0. The van der Waals surface area contributed by atoms with Gasteiger partial charge in [0.05, 0.1) is 6.61 Å². The molecule has 0 saturated carbocycles. The number of nitrogens with one attached hydrogen (secondary N) is 1. The summed E-state index contributed by atoms with van der Waals surface area (Å²) in [7, 11) is 0. The molecule has 3 nitrogen and oxygen atoms in total. The lowest BCUT2D eigenvalue weighted by molar-refractivity contribution is 0.0851. The Morgan fingerprint density at radius 3 is 2.58 bits per heavy atom. The zero-order valence-electron chi connectivity index (χ0n) is 11.6. The third-order valence-corrected chi connectivity index (χ3v) is 4.11. The zero-order chi connectivity index (χ0) is 14.3. The number of rotatable bonds is 7. The molecule has 4 heteroatoms. The van der Waals surface area contributed by atoms with Gasteiger partial charge in [0.15, 0.2) is 0 Å². The van der Waals surface area contributed by atoms with Crippen molar-refractivity contribution in [2.75, 3.05) is 13.2 Å². The van der Waals surface area contributed by atoms with E-state index >= 15 is 0 Å². The molecule has 0 bridgehead atoms. The Labute approximate surface area is 120 Å². The van der Waals surface area contributed by atoms with E-state index in [1.807, 2.05) is 26.0 Å². The van der Waals surface area contributed by atoms with Gasteiger partial charge < -0.3 is 10.4 Å². The monoisotopic (exact) mass is 283 g/mol. The van der Waals surface area contributed by atoms with Crippen LogP contribution >= 0.6 is 11.6 Å². The number of hydrogen-bond acceptors (Lipinski definition) is 2. The summed E-state index contributed by atoms with van der Waals surface area (Å²) < 4.78 is 0. The van der Waals surface area contributed by atoms with Crippen LogP contribution in [0.4, 0.5) is 0 Å². The third kappa shape index (κ3) is 4.22. The second kappa shape index (κ2) is 7.51. The van der Waals surface area contributed by atoms with Crippen LogP contribution in [-0.4, -0.2) is 24.2 Å². The fraction of sp³-hybridized carbons (Fsp3) is 0.533. The summed E-state index contributed by atoms with van der Waals surface area (Å²) in [6.45, 7) is 4.63. The van der Waals surface area contributed by atoms with Gasteiger partial charge in [0.1, 0.15) is 0 Å². The Hall–Kier alpha value is -1.06. The van der Waals surface area contributed by atoms with Crippen LogP contribution in [0.5, 0.6) is 0 Å². The molecule has 1 rings (SSSR count). The highest BCUT2D eigenvalue weighted by molar-refractivity contribution is 6.17. The standard InChI is InChI=1S/C15H22ClNO2/c1-3-15(4-2,11-18)10-17-14(19)13-7-5-6-12(8-13)9-16/h5-8,18H,3-4,9-11H2,1-2H3,(H,17,19). The summed E-state index contributed by atoms with van der Waals surface area (Å²) in [5.41, 5.74) is 1.31. The fourth-order valence-electron chi connectivity index (χ4n) is 1.95. The van der Waals surface area contributed by atoms with E-state index in [0.717, 1.165) is 18.4 Å². The molecular formula is C15H22ClNO2. The molecule has 106 valence electrons. The lowest BCUT2D eigenvalue weighted by Gasteiger charge is -2.29. The van der Waals surface area contributed by atoms with E-state index in [4.69, 9.17) is 11.6 Å². The van der Waals surface area contributed by atoms with Gasteiger partial charge in [0.25, 0.3) is 5.91 Å². The summed E-state index contributed by atoms with van der Waals surface area (Å²) in [5, 5.41) is 12.4. The molecule has 0 atom stereocenters. The van der Waals surface area contributed by atoms with Gasteiger partial charge in [-0.15, -0.1) is 11.6 Å². The maximum atomic E-state index is 12.1. The van der Waals surface area contributed by atoms with Crippen molar-refractivity contribution in [3.8, 4) is 0 Å². The second-order valence-electron chi connectivity index (χ2n) is 4.88. The topological polar surface area (TPSA) is 49.3 Å². The molecule has 0 radical (unpaired) electrons. The second-order valence-corrected chi connectivity index (χ2v) is 5.15. The minimum Gasteiger partial charge on any atom is -0.396 e. The third-order valence-electron chi connectivity index (χ3n) is 3.80. The van der Waals surface area contributed by atoms with Crippen LogP contribution in [0.25, 0.3) is 0 Å². The van der Waals surface area contributed by atoms with E-state index in [2.05, 4.69) is 5.32 Å². The molecule has 0 aliphatic heterocycles. The quantitative estimate of drug-likeness (QED) is 0.756. The van der Waals surface area contributed by atoms with Crippen molar-refractivity contribution in [2.24, 2.45) is 5.41 Å². The number of amides is 1. The molecule has 0 aliphatic rings. The van der Waals surface area contributed by atoms with Gasteiger partial charge in [-0.2, -0.15) is 0 Å². The SMILES string of the molecule is CCC(CC)(CO)CNC(=O)c1cccc(CCl)c1. The Morgan fingerprint density at radius 1 is 1.37 bits per heavy atom. The van der Waals surface area contributed by atoms with E-state index in [1.54, 1.807) is 12.1 Å². The number of aliphatic hydroxyl groups excluding tert-OH is 1. The molecule has 1 amide bonds. The number of aliphatic hydroxyl groups is 1. The van der Waals surface area contributed by atoms with E-state index in [9.17, 15) is 9.90 Å². The first-order valence-electron chi connectivity index (χ1n) is 6.64. The van der Waals surface area contributed by atoms with Gasteiger partial charge >= 0.3 is 0 Å². The van der Waals surface area contributed by atoms with Gasteiger partial charge in [0, 0.05) is 23.4 Å². The average molecular weight is 284 g/mol. The van der Waals surface area contributed by atoms with Gasteiger partial charge in [-0.25, -0.2) is 0 Å². The molecule has 0 spiro atoms. The van der Waals surface area contributed by atoms with Gasteiger partial charge in [-0.3, -0.25) is 4.79 Å². The van der Waals surface area contributed by atoms with Crippen LogP contribution in [0, 0.1) is 5.41 Å². The van der Waals surface area contributed by atoms with Crippen LogP contribution in [0.15, 0.2) is 24.3 Å². The highest BCUT2D eigenvalue weighted by Crippen LogP contribution is 2.24. The molecule has 2 N–H and O–H groups in total. The smallest absolute Gasteiger partial charge is 0.251 e. The van der Waals surface area contributed by atoms with Gasteiger partial charge in [-0.1, -0.05) is 26.0 Å². The van der Waals surface area contributed by atoms with Crippen molar-refractivity contribution < 1.29 is 9.90 Å². The van der Waals surface area contributed by atoms with Crippen LogP contribution in [0.2, 0.25) is 0 Å². The molecule has 1 aromatic carbocycles. The number of benzene rings is 1. The van der Waals surface area contributed by atoms with Gasteiger partial charge in [0.2, 0.25) is 0 Å². The Bertz CT molecular complexity index is 408. The van der Waals surface area contributed by atoms with Crippen LogP contribution in [-0.2, 0) is 5.88 Å². The Balaban J connectivity index is 2.69. The number of carbonyl (C=O) groups excluding carboxylic acids is 1.